The molecule has 7 nitrogen and oxygen atoms in total. The van der Waals surface area contributed by atoms with Crippen LogP contribution in [0.1, 0.15) is 75.5 Å². The minimum Gasteiger partial charge on any atom is -0.322 e. The molecule has 0 radical (unpaired) electrons. The molecule has 36 heavy (non-hydrogen) atoms. The SMILES string of the molecule is CCC[C@@H](c1nnnn1C(C)(C)CC)N(Cc1ccc(F)cc1)Cc1cc2cc(C)ccc2[nH]c1=O. The number of tetrazole rings is 1. The number of hydrogen-bond acceptors (Lipinski definition) is 5. The van der Waals surface area contributed by atoms with Crippen LogP contribution in [0.4, 0.5) is 4.39 Å². The fraction of sp³-hybridized carbons (Fsp3) is 0.429. The molecule has 0 unspecified atom stereocenters. The molecule has 0 saturated heterocycles. The molecule has 0 amide bonds. The number of hydrogen-bond donors (Lipinski definition) is 1. The van der Waals surface area contributed by atoms with E-state index >= 15 is 0 Å². The molecule has 0 saturated carbocycles. The van der Waals surface area contributed by atoms with E-state index in [1.54, 1.807) is 12.1 Å². The zero-order valence-corrected chi connectivity index (χ0v) is 21.8. The Balaban J connectivity index is 1.80. The number of aryl methyl sites for hydroxylation is 1. The van der Waals surface area contributed by atoms with Gasteiger partial charge in [0.1, 0.15) is 5.82 Å². The zero-order valence-electron chi connectivity index (χ0n) is 21.8. The molecule has 0 aliphatic carbocycles. The van der Waals surface area contributed by atoms with Gasteiger partial charge in [0.2, 0.25) is 0 Å². The highest BCUT2D eigenvalue weighted by atomic mass is 19.1. The van der Waals surface area contributed by atoms with E-state index < -0.39 is 0 Å². The van der Waals surface area contributed by atoms with E-state index in [-0.39, 0.29) is 23.0 Å². The molecule has 1 atom stereocenters. The Morgan fingerprint density at radius 2 is 1.83 bits per heavy atom. The molecule has 1 N–H and O–H groups in total. The third kappa shape index (κ3) is 5.54. The van der Waals surface area contributed by atoms with Crippen LogP contribution in [-0.2, 0) is 18.6 Å². The van der Waals surface area contributed by atoms with Gasteiger partial charge in [-0.1, -0.05) is 44.0 Å². The Labute approximate surface area is 211 Å². The van der Waals surface area contributed by atoms with Crippen molar-refractivity contribution in [3.05, 3.63) is 87.2 Å². The molecule has 2 aromatic carbocycles. The van der Waals surface area contributed by atoms with Gasteiger partial charge in [0.05, 0.1) is 11.6 Å². The highest BCUT2D eigenvalue weighted by Gasteiger charge is 2.31. The Kier molecular flexibility index (Phi) is 7.64. The maximum atomic E-state index is 13.6. The zero-order chi connectivity index (χ0) is 25.9. The molecule has 0 aliphatic rings. The van der Waals surface area contributed by atoms with Gasteiger partial charge >= 0.3 is 0 Å². The third-order valence-electron chi connectivity index (χ3n) is 6.98. The lowest BCUT2D eigenvalue weighted by Gasteiger charge is -2.33. The summed E-state index contributed by atoms with van der Waals surface area (Å²) < 4.78 is 15.6. The third-order valence-corrected chi connectivity index (χ3v) is 6.98. The molecule has 4 rings (SSSR count). The number of halogens is 1. The summed E-state index contributed by atoms with van der Waals surface area (Å²) in [5.74, 6) is 0.504. The molecule has 2 aromatic heterocycles. The summed E-state index contributed by atoms with van der Waals surface area (Å²) in [6, 6.07) is 14.4. The second-order valence-electron chi connectivity index (χ2n) is 10.2. The van der Waals surface area contributed by atoms with Crippen LogP contribution in [0.25, 0.3) is 10.9 Å². The van der Waals surface area contributed by atoms with E-state index in [2.05, 4.69) is 59.2 Å². The van der Waals surface area contributed by atoms with Crippen molar-refractivity contribution >= 4 is 10.9 Å². The monoisotopic (exact) mass is 490 g/mol. The first-order valence-corrected chi connectivity index (χ1v) is 12.6. The minimum absolute atomic E-state index is 0.112. The highest BCUT2D eigenvalue weighted by Crippen LogP contribution is 2.31. The van der Waals surface area contributed by atoms with Gasteiger partial charge in [-0.25, -0.2) is 9.07 Å². The van der Waals surface area contributed by atoms with Crippen molar-refractivity contribution in [1.29, 1.82) is 0 Å². The summed E-state index contributed by atoms with van der Waals surface area (Å²) in [6.07, 6.45) is 2.59. The molecule has 2 heterocycles. The second kappa shape index (κ2) is 10.7. The van der Waals surface area contributed by atoms with Crippen molar-refractivity contribution in [3.63, 3.8) is 0 Å². The molecule has 0 fully saturated rings. The molecule has 4 aromatic rings. The summed E-state index contributed by atoms with van der Waals surface area (Å²) >= 11 is 0. The molecule has 0 spiro atoms. The Hall–Kier alpha value is -3.39. The van der Waals surface area contributed by atoms with Crippen LogP contribution < -0.4 is 5.56 Å². The van der Waals surface area contributed by atoms with E-state index in [1.807, 2.05) is 29.8 Å². The normalized spacial score (nSPS) is 13.0. The van der Waals surface area contributed by atoms with Gasteiger partial charge in [-0.2, -0.15) is 0 Å². The van der Waals surface area contributed by atoms with E-state index in [0.29, 0.717) is 18.7 Å². The number of fused-ring (bicyclic) bond motifs is 1. The summed E-state index contributed by atoms with van der Waals surface area (Å²) in [5.41, 5.74) is 3.21. The van der Waals surface area contributed by atoms with E-state index in [1.165, 1.54) is 12.1 Å². The maximum Gasteiger partial charge on any atom is 0.252 e. The molecule has 190 valence electrons. The predicted molar refractivity (Wildman–Crippen MR) is 140 cm³/mol. The van der Waals surface area contributed by atoms with Gasteiger partial charge in [-0.3, -0.25) is 9.69 Å². The standard InChI is InChI=1S/C28H35FN6O/c1-6-8-25(26-31-32-33-35(26)28(4,5)7-2)34(17-20-10-12-23(29)13-11-20)18-22-16-21-15-19(3)9-14-24(21)30-27(22)36/h9-16,25H,6-8,17-18H2,1-5H3,(H,30,36)/t25-/m0/s1. The molecule has 0 bridgehead atoms. The Morgan fingerprint density at radius 1 is 1.08 bits per heavy atom. The molecule has 8 heteroatoms. The van der Waals surface area contributed by atoms with Crippen molar-refractivity contribution in [3.8, 4) is 0 Å². The van der Waals surface area contributed by atoms with Crippen molar-refractivity contribution in [2.24, 2.45) is 0 Å². The maximum absolute atomic E-state index is 13.6. The van der Waals surface area contributed by atoms with E-state index in [0.717, 1.165) is 47.1 Å². The number of aromatic amines is 1. The van der Waals surface area contributed by atoms with Gasteiger partial charge in [-0.05, 0) is 85.3 Å². The largest absolute Gasteiger partial charge is 0.322 e. The minimum atomic E-state index is -0.273. The first-order valence-electron chi connectivity index (χ1n) is 12.6. The lowest BCUT2D eigenvalue weighted by molar-refractivity contribution is 0.145. The fourth-order valence-electron chi connectivity index (χ4n) is 4.54. The lowest BCUT2D eigenvalue weighted by atomic mass is 10.00. The number of nitrogens with zero attached hydrogens (tertiary/aromatic N) is 5. The number of aromatic nitrogens is 5. The average Bonchev–Trinajstić information content (AvgIpc) is 3.35. The Morgan fingerprint density at radius 3 is 2.53 bits per heavy atom. The average molecular weight is 491 g/mol. The second-order valence-corrected chi connectivity index (χ2v) is 10.2. The highest BCUT2D eigenvalue weighted by molar-refractivity contribution is 5.79. The number of benzene rings is 2. The summed E-state index contributed by atoms with van der Waals surface area (Å²) in [6.45, 7) is 11.5. The van der Waals surface area contributed by atoms with Crippen LogP contribution in [0.5, 0.6) is 0 Å². The molecule has 0 aliphatic heterocycles. The van der Waals surface area contributed by atoms with Crippen molar-refractivity contribution < 1.29 is 4.39 Å². The molecular weight excluding hydrogens is 455 g/mol. The van der Waals surface area contributed by atoms with Crippen LogP contribution >= 0.6 is 0 Å². The van der Waals surface area contributed by atoms with Crippen LogP contribution in [0.2, 0.25) is 0 Å². The van der Waals surface area contributed by atoms with Crippen LogP contribution in [0.3, 0.4) is 0 Å². The first kappa shape index (κ1) is 25.7. The number of rotatable bonds is 10. The van der Waals surface area contributed by atoms with Crippen LogP contribution in [0.15, 0.2) is 53.3 Å². The van der Waals surface area contributed by atoms with Crippen LogP contribution in [-0.4, -0.2) is 30.1 Å². The quantitative estimate of drug-likeness (QED) is 0.311. The van der Waals surface area contributed by atoms with Gasteiger partial charge in [-0.15, -0.1) is 5.10 Å². The van der Waals surface area contributed by atoms with E-state index in [9.17, 15) is 9.18 Å². The van der Waals surface area contributed by atoms with Crippen molar-refractivity contribution in [2.45, 2.75) is 78.6 Å². The lowest BCUT2D eigenvalue weighted by Crippen LogP contribution is -2.36. The van der Waals surface area contributed by atoms with Crippen LogP contribution in [0, 0.1) is 12.7 Å². The predicted octanol–water partition coefficient (Wildman–Crippen LogP) is 5.65. The number of nitrogens with one attached hydrogen (secondary N) is 1. The van der Waals surface area contributed by atoms with Crippen molar-refractivity contribution in [1.82, 2.24) is 30.1 Å². The topological polar surface area (TPSA) is 79.7 Å². The molecular formula is C28H35FN6O. The Bertz CT molecular complexity index is 1380. The number of pyridine rings is 1. The van der Waals surface area contributed by atoms with Gasteiger partial charge in [0, 0.05) is 24.2 Å². The van der Waals surface area contributed by atoms with Gasteiger partial charge < -0.3 is 4.98 Å². The van der Waals surface area contributed by atoms with Gasteiger partial charge in [0.25, 0.3) is 5.56 Å². The fourth-order valence-corrected chi connectivity index (χ4v) is 4.54. The van der Waals surface area contributed by atoms with Gasteiger partial charge in [0.15, 0.2) is 5.82 Å². The number of H-pyrrole nitrogens is 1. The van der Waals surface area contributed by atoms with Crippen molar-refractivity contribution in [2.75, 3.05) is 0 Å². The van der Waals surface area contributed by atoms with E-state index in [4.69, 9.17) is 0 Å². The first-order chi connectivity index (χ1) is 17.2. The smallest absolute Gasteiger partial charge is 0.252 e. The summed E-state index contributed by atoms with van der Waals surface area (Å²) in [5, 5.41) is 13.8. The summed E-state index contributed by atoms with van der Waals surface area (Å²) in [4.78, 5) is 18.4. The summed E-state index contributed by atoms with van der Waals surface area (Å²) in [7, 11) is 0.